The molecule has 1 atom stereocenters. The third kappa shape index (κ3) is 3.93. The lowest BCUT2D eigenvalue weighted by molar-refractivity contribution is 0.0576. The van der Waals surface area contributed by atoms with E-state index in [2.05, 4.69) is 13.8 Å². The van der Waals surface area contributed by atoms with E-state index in [4.69, 9.17) is 11.6 Å². The Balaban J connectivity index is 1.98. The molecule has 19 heavy (non-hydrogen) atoms. The average molecular weight is 285 g/mol. The molecule has 1 fully saturated rings. The van der Waals surface area contributed by atoms with Gasteiger partial charge in [0.05, 0.1) is 6.10 Å². The van der Waals surface area contributed by atoms with E-state index in [0.29, 0.717) is 28.3 Å². The van der Waals surface area contributed by atoms with Gasteiger partial charge < -0.3 is 5.11 Å². The Labute approximate surface area is 119 Å². The molecule has 3 heteroatoms. The number of hydrogen-bond donors (Lipinski definition) is 1. The molecule has 1 unspecified atom stereocenters. The van der Waals surface area contributed by atoms with Gasteiger partial charge in [0, 0.05) is 11.4 Å². The van der Waals surface area contributed by atoms with E-state index in [1.54, 1.807) is 6.07 Å². The summed E-state index contributed by atoms with van der Waals surface area (Å²) in [5, 5.41) is 10.9. The molecule has 1 saturated carbocycles. The Morgan fingerprint density at radius 3 is 2.63 bits per heavy atom. The molecular weight excluding hydrogens is 263 g/mol. The Morgan fingerprint density at radius 2 is 2.00 bits per heavy atom. The van der Waals surface area contributed by atoms with Gasteiger partial charge in [-0.25, -0.2) is 4.39 Å². The van der Waals surface area contributed by atoms with Crippen molar-refractivity contribution in [2.75, 3.05) is 0 Å². The molecule has 1 N–H and O–H groups in total. The molecular formula is C16H22ClFO. The second-order valence-corrected chi connectivity index (χ2v) is 6.92. The van der Waals surface area contributed by atoms with Crippen LogP contribution < -0.4 is 0 Å². The van der Waals surface area contributed by atoms with E-state index in [0.717, 1.165) is 25.7 Å². The van der Waals surface area contributed by atoms with Crippen LogP contribution in [-0.4, -0.2) is 11.2 Å². The Bertz CT molecular complexity index is 434. The maximum absolute atomic E-state index is 13.2. The minimum absolute atomic E-state index is 0.295. The van der Waals surface area contributed by atoms with Crippen LogP contribution in [0, 0.1) is 17.2 Å². The summed E-state index contributed by atoms with van der Waals surface area (Å²) in [6.45, 7) is 4.55. The number of halogens is 2. The third-order valence-electron chi connectivity index (χ3n) is 4.36. The summed E-state index contributed by atoms with van der Waals surface area (Å²) >= 11 is 6.05. The lowest BCUT2D eigenvalue weighted by atomic mass is 9.71. The molecule has 0 aromatic heterocycles. The molecule has 1 aliphatic rings. The second kappa shape index (κ2) is 5.80. The van der Waals surface area contributed by atoms with Crippen molar-refractivity contribution in [1.82, 2.24) is 0 Å². The first-order valence-electron chi connectivity index (χ1n) is 6.99. The molecule has 2 rings (SSSR count). The summed E-state index contributed by atoms with van der Waals surface area (Å²) in [7, 11) is 0. The number of hydrogen-bond acceptors (Lipinski definition) is 1. The quantitative estimate of drug-likeness (QED) is 0.860. The highest BCUT2D eigenvalue weighted by molar-refractivity contribution is 6.31. The second-order valence-electron chi connectivity index (χ2n) is 6.51. The lowest BCUT2D eigenvalue weighted by Gasteiger charge is -2.36. The van der Waals surface area contributed by atoms with Gasteiger partial charge in [0.1, 0.15) is 5.82 Å². The minimum atomic E-state index is -0.421. The van der Waals surface area contributed by atoms with Gasteiger partial charge in [-0.1, -0.05) is 25.4 Å². The van der Waals surface area contributed by atoms with Crippen LogP contribution in [0.3, 0.4) is 0 Å². The van der Waals surface area contributed by atoms with Crippen molar-refractivity contribution in [3.63, 3.8) is 0 Å². The van der Waals surface area contributed by atoms with Crippen molar-refractivity contribution in [2.24, 2.45) is 11.3 Å². The molecule has 0 saturated heterocycles. The number of benzene rings is 1. The molecule has 0 amide bonds. The van der Waals surface area contributed by atoms with Crippen molar-refractivity contribution in [3.05, 3.63) is 34.6 Å². The molecule has 106 valence electrons. The predicted molar refractivity (Wildman–Crippen MR) is 76.9 cm³/mol. The summed E-state index contributed by atoms with van der Waals surface area (Å²) in [6.07, 6.45) is 4.40. The first-order valence-corrected chi connectivity index (χ1v) is 7.37. The van der Waals surface area contributed by atoms with E-state index in [1.165, 1.54) is 12.1 Å². The molecule has 1 aromatic rings. The number of rotatable bonds is 3. The Morgan fingerprint density at radius 1 is 1.37 bits per heavy atom. The Kier molecular flexibility index (Phi) is 4.52. The van der Waals surface area contributed by atoms with Crippen molar-refractivity contribution in [3.8, 4) is 0 Å². The topological polar surface area (TPSA) is 20.2 Å². The smallest absolute Gasteiger partial charge is 0.123 e. The fraction of sp³-hybridized carbons (Fsp3) is 0.625. The van der Waals surface area contributed by atoms with Crippen molar-refractivity contribution >= 4 is 11.6 Å². The van der Waals surface area contributed by atoms with Crippen LogP contribution in [0.25, 0.3) is 0 Å². The minimum Gasteiger partial charge on any atom is -0.392 e. The Hall–Kier alpha value is -0.600. The largest absolute Gasteiger partial charge is 0.392 e. The summed E-state index contributed by atoms with van der Waals surface area (Å²) in [6, 6.07) is 4.34. The van der Waals surface area contributed by atoms with Crippen LogP contribution in [0.5, 0.6) is 0 Å². The van der Waals surface area contributed by atoms with Crippen molar-refractivity contribution < 1.29 is 9.50 Å². The molecule has 1 aliphatic carbocycles. The molecule has 0 bridgehead atoms. The number of aliphatic hydroxyl groups excluding tert-OH is 1. The van der Waals surface area contributed by atoms with Gasteiger partial charge >= 0.3 is 0 Å². The van der Waals surface area contributed by atoms with Crippen LogP contribution >= 0.6 is 11.6 Å². The number of aliphatic hydroxyl groups is 1. The van der Waals surface area contributed by atoms with Gasteiger partial charge in [-0.2, -0.15) is 0 Å². The molecule has 0 radical (unpaired) electrons. The monoisotopic (exact) mass is 284 g/mol. The predicted octanol–water partition coefficient (Wildman–Crippen LogP) is 4.60. The summed E-state index contributed by atoms with van der Waals surface area (Å²) < 4.78 is 13.2. The fourth-order valence-electron chi connectivity index (χ4n) is 2.90. The molecule has 0 spiro atoms. The van der Waals surface area contributed by atoms with Crippen LogP contribution in [-0.2, 0) is 6.42 Å². The van der Waals surface area contributed by atoms with Crippen molar-refractivity contribution in [2.45, 2.75) is 52.1 Å². The molecule has 1 nitrogen and oxygen atoms in total. The zero-order chi connectivity index (χ0) is 14.0. The lowest BCUT2D eigenvalue weighted by Crippen LogP contribution is -2.30. The highest BCUT2D eigenvalue weighted by Crippen LogP contribution is 2.39. The summed E-state index contributed by atoms with van der Waals surface area (Å²) in [5.41, 5.74) is 1.10. The molecule has 1 aromatic carbocycles. The van der Waals surface area contributed by atoms with Gasteiger partial charge in [-0.15, -0.1) is 0 Å². The van der Waals surface area contributed by atoms with Gasteiger partial charge in [0.25, 0.3) is 0 Å². The van der Waals surface area contributed by atoms with Gasteiger partial charge in [0.15, 0.2) is 0 Å². The van der Waals surface area contributed by atoms with E-state index >= 15 is 0 Å². The maximum Gasteiger partial charge on any atom is 0.123 e. The van der Waals surface area contributed by atoms with Gasteiger partial charge in [-0.05, 0) is 60.8 Å². The normalized spacial score (nSPS) is 21.3. The first kappa shape index (κ1) is 14.8. The standard InChI is InChI=1S/C16H22ClFO/c1-16(2)7-5-11(6-8-16)15(19)10-12-9-13(18)3-4-14(12)17/h3-4,9,11,15,19H,5-8,10H2,1-2H3. The third-order valence-corrected chi connectivity index (χ3v) is 4.73. The van der Waals surface area contributed by atoms with Gasteiger partial charge in [-0.3, -0.25) is 0 Å². The van der Waals surface area contributed by atoms with E-state index in [1.807, 2.05) is 0 Å². The molecule has 0 aliphatic heterocycles. The molecule has 0 heterocycles. The zero-order valence-electron chi connectivity index (χ0n) is 11.6. The van der Waals surface area contributed by atoms with E-state index < -0.39 is 6.10 Å². The van der Waals surface area contributed by atoms with Crippen LogP contribution in [0.4, 0.5) is 4.39 Å². The van der Waals surface area contributed by atoms with Crippen LogP contribution in [0.2, 0.25) is 5.02 Å². The maximum atomic E-state index is 13.2. The fourth-order valence-corrected chi connectivity index (χ4v) is 3.09. The average Bonchev–Trinajstić information content (AvgIpc) is 2.33. The SMILES string of the molecule is CC1(C)CCC(C(O)Cc2cc(F)ccc2Cl)CC1. The van der Waals surface area contributed by atoms with Gasteiger partial charge in [0.2, 0.25) is 0 Å². The van der Waals surface area contributed by atoms with Crippen LogP contribution in [0.1, 0.15) is 45.1 Å². The van der Waals surface area contributed by atoms with Crippen LogP contribution in [0.15, 0.2) is 18.2 Å². The highest BCUT2D eigenvalue weighted by Gasteiger charge is 2.30. The summed E-state index contributed by atoms with van der Waals surface area (Å²) in [4.78, 5) is 0. The zero-order valence-corrected chi connectivity index (χ0v) is 12.4. The summed E-state index contributed by atoms with van der Waals surface area (Å²) in [5.74, 6) is 0.0173. The van der Waals surface area contributed by atoms with E-state index in [-0.39, 0.29) is 5.82 Å². The van der Waals surface area contributed by atoms with Crippen molar-refractivity contribution in [1.29, 1.82) is 0 Å². The highest BCUT2D eigenvalue weighted by atomic mass is 35.5. The van der Waals surface area contributed by atoms with E-state index in [9.17, 15) is 9.50 Å². The first-order chi connectivity index (χ1) is 8.87.